The molecule has 2 saturated carbocycles. The quantitative estimate of drug-likeness (QED) is 0.559. The van der Waals surface area contributed by atoms with Gasteiger partial charge < -0.3 is 0 Å². The third kappa shape index (κ3) is 2.31. The van der Waals surface area contributed by atoms with Crippen LogP contribution >= 0.6 is 15.9 Å². The van der Waals surface area contributed by atoms with Crippen molar-refractivity contribution in [3.05, 3.63) is 0 Å². The highest BCUT2D eigenvalue weighted by Crippen LogP contribution is 2.65. The van der Waals surface area contributed by atoms with Crippen LogP contribution in [-0.4, -0.2) is 31.1 Å². The first-order valence-corrected chi connectivity index (χ1v) is 8.50. The molecule has 0 unspecified atom stereocenters. The van der Waals surface area contributed by atoms with E-state index >= 15 is 0 Å². The van der Waals surface area contributed by atoms with Gasteiger partial charge in [-0.15, -0.1) is 13.2 Å². The fourth-order valence-corrected chi connectivity index (χ4v) is 6.59. The molecule has 4 nitrogen and oxygen atoms in total. The second-order valence-electron chi connectivity index (χ2n) is 5.89. The molecule has 0 aromatic rings. The molecular weight excluding hydrogens is 365 g/mol. The van der Waals surface area contributed by atoms with E-state index in [-0.39, 0.29) is 11.7 Å². The van der Waals surface area contributed by atoms with Gasteiger partial charge in [-0.05, 0) is 18.8 Å². The Labute approximate surface area is 123 Å². The van der Waals surface area contributed by atoms with E-state index in [0.29, 0.717) is 12.8 Å². The predicted octanol–water partition coefficient (Wildman–Crippen LogP) is 2.62. The van der Waals surface area contributed by atoms with Gasteiger partial charge in [0.2, 0.25) is 0 Å². The number of hydrogen-bond acceptors (Lipinski definition) is 4. The highest BCUT2D eigenvalue weighted by Gasteiger charge is 2.69. The molecule has 116 valence electrons. The second kappa shape index (κ2) is 4.42. The molecule has 2 aliphatic rings. The highest BCUT2D eigenvalue weighted by molar-refractivity contribution is 9.10. The van der Waals surface area contributed by atoms with Crippen molar-refractivity contribution in [3.8, 4) is 0 Å². The molecule has 0 aliphatic heterocycles. The summed E-state index contributed by atoms with van der Waals surface area (Å²) in [5.74, 6) is -1.25. The smallest absolute Gasteiger partial charge is 0.298 e. The molecule has 2 rings (SSSR count). The summed E-state index contributed by atoms with van der Waals surface area (Å²) >= 11 is 3.23. The average Bonchev–Trinajstić information content (AvgIpc) is 2.50. The van der Waals surface area contributed by atoms with Crippen molar-refractivity contribution in [1.29, 1.82) is 0 Å². The van der Waals surface area contributed by atoms with Crippen molar-refractivity contribution < 1.29 is 30.6 Å². The van der Waals surface area contributed by atoms with Crippen molar-refractivity contribution in [2.45, 2.75) is 37.9 Å². The molecule has 20 heavy (non-hydrogen) atoms. The molecule has 2 aliphatic carbocycles. The van der Waals surface area contributed by atoms with Gasteiger partial charge >= 0.3 is 6.36 Å². The Balaban J connectivity index is 2.32. The number of halogens is 4. The first-order chi connectivity index (χ1) is 8.82. The van der Waals surface area contributed by atoms with E-state index in [1.807, 2.05) is 0 Å². The number of ketones is 1. The van der Waals surface area contributed by atoms with Gasteiger partial charge in [0.05, 0.1) is 10.6 Å². The van der Waals surface area contributed by atoms with E-state index < -0.39 is 37.9 Å². The van der Waals surface area contributed by atoms with Crippen molar-refractivity contribution in [2.75, 3.05) is 5.75 Å². The third-order valence-electron chi connectivity index (χ3n) is 4.88. The Morgan fingerprint density at radius 1 is 1.40 bits per heavy atom. The van der Waals surface area contributed by atoms with Crippen LogP contribution in [0.3, 0.4) is 0 Å². The molecule has 0 radical (unpaired) electrons. The van der Waals surface area contributed by atoms with Crippen LogP contribution < -0.4 is 0 Å². The molecule has 0 spiro atoms. The van der Waals surface area contributed by atoms with Crippen molar-refractivity contribution >= 4 is 31.8 Å². The maximum atomic E-state index is 12.2. The van der Waals surface area contributed by atoms with Crippen LogP contribution in [0.4, 0.5) is 13.2 Å². The SMILES string of the molecule is C[C@]12CC[C@H]([C@H](Br)C1=O)[C@@]2(C)CS(=O)(=O)OC(F)(F)F. The third-order valence-corrected chi connectivity index (χ3v) is 7.33. The normalized spacial score (nSPS) is 41.4. The first-order valence-electron chi connectivity index (χ1n) is 6.01. The number of alkyl halides is 4. The Kier molecular flexibility index (Phi) is 3.59. The zero-order chi connectivity index (χ0) is 15.6. The maximum absolute atomic E-state index is 12.2. The number of rotatable bonds is 3. The van der Waals surface area contributed by atoms with E-state index in [1.165, 1.54) is 0 Å². The topological polar surface area (TPSA) is 60.4 Å². The Bertz CT molecular complexity index is 546. The first kappa shape index (κ1) is 16.2. The van der Waals surface area contributed by atoms with Crippen LogP contribution in [0.5, 0.6) is 0 Å². The predicted molar refractivity (Wildman–Crippen MR) is 67.6 cm³/mol. The van der Waals surface area contributed by atoms with Gasteiger partial charge in [-0.1, -0.05) is 29.8 Å². The van der Waals surface area contributed by atoms with Crippen molar-refractivity contribution in [1.82, 2.24) is 0 Å². The van der Waals surface area contributed by atoms with Crippen LogP contribution in [0.15, 0.2) is 0 Å². The van der Waals surface area contributed by atoms with Crippen molar-refractivity contribution in [3.63, 3.8) is 0 Å². The number of Topliss-reactive ketones (excluding diaryl/α,β-unsaturated/α-hetero) is 1. The lowest BCUT2D eigenvalue weighted by Gasteiger charge is -2.35. The lowest BCUT2D eigenvalue weighted by atomic mass is 9.70. The van der Waals surface area contributed by atoms with Crippen LogP contribution in [0.25, 0.3) is 0 Å². The molecular formula is C11H14BrF3O4S. The van der Waals surface area contributed by atoms with E-state index in [4.69, 9.17) is 0 Å². The summed E-state index contributed by atoms with van der Waals surface area (Å²) in [5, 5.41) is 0. The number of fused-ring (bicyclic) bond motifs is 2. The minimum atomic E-state index is -5.24. The molecule has 0 heterocycles. The second-order valence-corrected chi connectivity index (χ2v) is 8.45. The zero-order valence-electron chi connectivity index (χ0n) is 10.8. The lowest BCUT2D eigenvalue weighted by Crippen LogP contribution is -2.41. The summed E-state index contributed by atoms with van der Waals surface area (Å²) in [6.07, 6.45) is -4.15. The molecule has 2 fully saturated rings. The van der Waals surface area contributed by atoms with Gasteiger partial charge in [-0.25, -0.2) is 0 Å². The minimum Gasteiger partial charge on any atom is -0.298 e. The van der Waals surface area contributed by atoms with Crippen LogP contribution in [0.1, 0.15) is 26.7 Å². The van der Waals surface area contributed by atoms with Gasteiger partial charge in [0.1, 0.15) is 0 Å². The summed E-state index contributed by atoms with van der Waals surface area (Å²) in [7, 11) is -4.79. The largest absolute Gasteiger partial charge is 0.537 e. The van der Waals surface area contributed by atoms with Crippen LogP contribution in [-0.2, 0) is 19.1 Å². The molecule has 0 amide bonds. The standard InChI is InChI=1S/C11H14BrF3O4S/c1-9-4-3-6(7(12)8(9)16)10(9,2)5-20(17,18)19-11(13,14)15/h6-7H,3-5H2,1-2H3/t6-,7+,9+,10-/m1/s1. The van der Waals surface area contributed by atoms with Gasteiger partial charge in [0.25, 0.3) is 10.1 Å². The summed E-state index contributed by atoms with van der Waals surface area (Å²) in [5.41, 5.74) is -1.99. The molecule has 0 aromatic carbocycles. The van der Waals surface area contributed by atoms with Gasteiger partial charge in [-0.3, -0.25) is 4.79 Å². The summed E-state index contributed by atoms with van der Waals surface area (Å²) < 4.78 is 62.9. The van der Waals surface area contributed by atoms with Crippen LogP contribution in [0.2, 0.25) is 0 Å². The Morgan fingerprint density at radius 2 is 1.95 bits per heavy atom. The number of hydrogen-bond donors (Lipinski definition) is 0. The maximum Gasteiger partial charge on any atom is 0.537 e. The Hall–Kier alpha value is -0.150. The number of carbonyl (C=O) groups excluding carboxylic acids is 1. The highest BCUT2D eigenvalue weighted by atomic mass is 79.9. The molecule has 0 N–H and O–H groups in total. The average molecular weight is 379 g/mol. The van der Waals surface area contributed by atoms with Gasteiger partial charge in [0.15, 0.2) is 5.78 Å². The van der Waals surface area contributed by atoms with Gasteiger partial charge in [0, 0.05) is 10.8 Å². The number of carbonyl (C=O) groups is 1. The fraction of sp³-hybridized carbons (Fsp3) is 0.909. The monoisotopic (exact) mass is 378 g/mol. The van der Waals surface area contributed by atoms with Gasteiger partial charge in [-0.2, -0.15) is 12.6 Å². The summed E-state index contributed by atoms with van der Waals surface area (Å²) in [6.45, 7) is 3.18. The van der Waals surface area contributed by atoms with Crippen molar-refractivity contribution in [2.24, 2.45) is 16.7 Å². The Morgan fingerprint density at radius 3 is 2.35 bits per heavy atom. The zero-order valence-corrected chi connectivity index (χ0v) is 13.2. The molecule has 2 bridgehead atoms. The molecule has 4 atom stereocenters. The van der Waals surface area contributed by atoms with E-state index in [0.717, 1.165) is 0 Å². The van der Waals surface area contributed by atoms with Crippen LogP contribution in [0, 0.1) is 16.7 Å². The minimum absolute atomic E-state index is 0.140. The molecule has 0 aromatic heterocycles. The molecule has 0 saturated heterocycles. The summed E-state index contributed by atoms with van der Waals surface area (Å²) in [6, 6.07) is 0. The van der Waals surface area contributed by atoms with E-state index in [1.54, 1.807) is 13.8 Å². The fourth-order valence-electron chi connectivity index (χ4n) is 3.63. The lowest BCUT2D eigenvalue weighted by molar-refractivity contribution is -0.272. The van der Waals surface area contributed by atoms with E-state index in [9.17, 15) is 26.4 Å². The summed E-state index contributed by atoms with van der Waals surface area (Å²) in [4.78, 5) is 11.7. The molecule has 9 heteroatoms. The van der Waals surface area contributed by atoms with E-state index in [2.05, 4.69) is 20.1 Å².